The highest BCUT2D eigenvalue weighted by atomic mass is 16.5. The molecule has 0 bridgehead atoms. The fraction of sp³-hybridized carbons (Fsp3) is 0.650. The second-order valence-corrected chi connectivity index (χ2v) is 7.30. The summed E-state index contributed by atoms with van der Waals surface area (Å²) in [6.45, 7) is 6.35. The van der Waals surface area contributed by atoms with Crippen LogP contribution in [0.3, 0.4) is 0 Å². The summed E-state index contributed by atoms with van der Waals surface area (Å²) in [7, 11) is 4.01. The smallest absolute Gasteiger partial charge is 0.191 e. The van der Waals surface area contributed by atoms with E-state index in [9.17, 15) is 0 Å². The third-order valence-corrected chi connectivity index (χ3v) is 5.25. The average molecular weight is 361 g/mol. The van der Waals surface area contributed by atoms with E-state index in [-0.39, 0.29) is 6.10 Å². The number of nitrogens with zero attached hydrogens (tertiary/aromatic N) is 2. The molecule has 2 heterocycles. The molecule has 0 amide bonds. The first-order valence-electron chi connectivity index (χ1n) is 9.64. The van der Waals surface area contributed by atoms with Crippen molar-refractivity contribution in [1.82, 2.24) is 15.5 Å². The highest BCUT2D eigenvalue weighted by Crippen LogP contribution is 2.23. The Bertz CT molecular complexity index is 614. The molecule has 2 unspecified atom stereocenters. The normalized spacial score (nSPS) is 24.0. The number of nitrogens with one attached hydrogen (secondary N) is 2. The number of ether oxygens (including phenoxy) is 2. The van der Waals surface area contributed by atoms with E-state index in [1.165, 1.54) is 24.9 Å². The molecule has 0 radical (unpaired) electrons. The Morgan fingerprint density at radius 2 is 2.23 bits per heavy atom. The maximum absolute atomic E-state index is 6.18. The third-order valence-electron chi connectivity index (χ3n) is 5.25. The Morgan fingerprint density at radius 3 is 2.92 bits per heavy atom. The first kappa shape index (κ1) is 19.0. The minimum absolute atomic E-state index is 0.158. The number of likely N-dealkylation sites (tertiary alicyclic amines) is 1. The zero-order valence-corrected chi connectivity index (χ0v) is 16.3. The molecule has 0 aromatic heterocycles. The molecule has 2 aliphatic rings. The van der Waals surface area contributed by atoms with Crippen LogP contribution in [0.5, 0.6) is 5.75 Å². The van der Waals surface area contributed by atoms with E-state index in [1.807, 2.05) is 7.05 Å². The Morgan fingerprint density at radius 1 is 1.35 bits per heavy atom. The van der Waals surface area contributed by atoms with Gasteiger partial charge in [0.2, 0.25) is 0 Å². The van der Waals surface area contributed by atoms with Crippen LogP contribution < -0.4 is 15.4 Å². The van der Waals surface area contributed by atoms with Gasteiger partial charge in [0.05, 0.1) is 13.2 Å². The maximum atomic E-state index is 6.18. The van der Waals surface area contributed by atoms with Crippen LogP contribution in [0.2, 0.25) is 0 Å². The second-order valence-electron chi connectivity index (χ2n) is 7.30. The Hall–Kier alpha value is -1.79. The number of aliphatic imine (C=N–C) groups is 1. The van der Waals surface area contributed by atoms with Crippen molar-refractivity contribution in [2.24, 2.45) is 4.99 Å². The topological polar surface area (TPSA) is 58.1 Å². The van der Waals surface area contributed by atoms with Gasteiger partial charge in [0, 0.05) is 38.2 Å². The summed E-state index contributed by atoms with van der Waals surface area (Å²) in [5.41, 5.74) is 2.35. The molecule has 2 atom stereocenters. The van der Waals surface area contributed by atoms with Crippen LogP contribution >= 0.6 is 0 Å². The highest BCUT2D eigenvalue weighted by Gasteiger charge is 2.21. The minimum Gasteiger partial charge on any atom is -0.488 e. The van der Waals surface area contributed by atoms with Crippen molar-refractivity contribution in [2.45, 2.75) is 44.9 Å². The van der Waals surface area contributed by atoms with E-state index in [1.54, 1.807) is 0 Å². The van der Waals surface area contributed by atoms with Crippen LogP contribution in [0.25, 0.3) is 0 Å². The predicted octanol–water partition coefficient (Wildman–Crippen LogP) is 1.92. The average Bonchev–Trinajstić information content (AvgIpc) is 3.28. The SMILES string of the molecule is CN=C(NCc1ccc(C)cc1OC1CCOC1)NCC1CCCN1C. The zero-order chi connectivity index (χ0) is 18.4. The molecular formula is C20H32N4O2. The molecule has 2 saturated heterocycles. The highest BCUT2D eigenvalue weighted by molar-refractivity contribution is 5.79. The van der Waals surface area contributed by atoms with Crippen LogP contribution in [0.15, 0.2) is 23.2 Å². The summed E-state index contributed by atoms with van der Waals surface area (Å²) in [6, 6.07) is 6.96. The molecule has 0 aliphatic carbocycles. The van der Waals surface area contributed by atoms with E-state index in [0.717, 1.165) is 36.8 Å². The Balaban J connectivity index is 1.55. The van der Waals surface area contributed by atoms with E-state index in [4.69, 9.17) is 9.47 Å². The molecule has 2 N–H and O–H groups in total. The van der Waals surface area contributed by atoms with E-state index >= 15 is 0 Å². The fourth-order valence-corrected chi connectivity index (χ4v) is 3.55. The van der Waals surface area contributed by atoms with Gasteiger partial charge < -0.3 is 25.0 Å². The van der Waals surface area contributed by atoms with Gasteiger partial charge >= 0.3 is 0 Å². The Kier molecular flexibility index (Phi) is 6.74. The van der Waals surface area contributed by atoms with Crippen LogP contribution in [0, 0.1) is 6.92 Å². The molecule has 0 saturated carbocycles. The van der Waals surface area contributed by atoms with Crippen LogP contribution in [0.4, 0.5) is 0 Å². The van der Waals surface area contributed by atoms with Crippen LogP contribution in [-0.2, 0) is 11.3 Å². The van der Waals surface area contributed by atoms with Crippen molar-refractivity contribution < 1.29 is 9.47 Å². The number of rotatable bonds is 6. The summed E-state index contributed by atoms with van der Waals surface area (Å²) in [6.07, 6.45) is 3.65. The molecule has 2 fully saturated rings. The summed E-state index contributed by atoms with van der Waals surface area (Å²) >= 11 is 0. The van der Waals surface area contributed by atoms with Crippen molar-refractivity contribution in [3.8, 4) is 5.75 Å². The number of likely N-dealkylation sites (N-methyl/N-ethyl adjacent to an activating group) is 1. The van der Waals surface area contributed by atoms with Gasteiger partial charge in [0.25, 0.3) is 0 Å². The zero-order valence-electron chi connectivity index (χ0n) is 16.3. The largest absolute Gasteiger partial charge is 0.488 e. The number of aryl methyl sites for hydroxylation is 1. The molecular weight excluding hydrogens is 328 g/mol. The predicted molar refractivity (Wildman–Crippen MR) is 105 cm³/mol. The van der Waals surface area contributed by atoms with Crippen LogP contribution in [0.1, 0.15) is 30.4 Å². The Labute approximate surface area is 157 Å². The van der Waals surface area contributed by atoms with Crippen molar-refractivity contribution in [3.63, 3.8) is 0 Å². The van der Waals surface area contributed by atoms with E-state index in [2.05, 4.69) is 52.7 Å². The standard InChI is InChI=1S/C20H32N4O2/c1-15-6-7-16(19(11-15)26-18-8-10-25-14-18)12-22-20(21-2)23-13-17-5-4-9-24(17)3/h6-7,11,17-18H,4-5,8-10,12-14H2,1-3H3,(H2,21,22,23). The number of hydrogen-bond donors (Lipinski definition) is 2. The van der Waals surface area contributed by atoms with Crippen molar-refractivity contribution in [2.75, 3.05) is 40.4 Å². The van der Waals surface area contributed by atoms with E-state index < -0.39 is 0 Å². The van der Waals surface area contributed by atoms with Gasteiger partial charge in [0.15, 0.2) is 5.96 Å². The molecule has 1 aromatic carbocycles. The summed E-state index contributed by atoms with van der Waals surface area (Å²) in [5.74, 6) is 1.78. The first-order valence-corrected chi connectivity index (χ1v) is 9.64. The summed E-state index contributed by atoms with van der Waals surface area (Å²) in [5, 5.41) is 6.87. The molecule has 26 heavy (non-hydrogen) atoms. The molecule has 6 heteroatoms. The number of hydrogen-bond acceptors (Lipinski definition) is 4. The van der Waals surface area contributed by atoms with Gasteiger partial charge in [-0.2, -0.15) is 0 Å². The lowest BCUT2D eigenvalue weighted by molar-refractivity contribution is 0.140. The molecule has 144 valence electrons. The van der Waals surface area contributed by atoms with Gasteiger partial charge in [-0.3, -0.25) is 4.99 Å². The van der Waals surface area contributed by atoms with Gasteiger partial charge in [-0.15, -0.1) is 0 Å². The molecule has 6 nitrogen and oxygen atoms in total. The monoisotopic (exact) mass is 360 g/mol. The second kappa shape index (κ2) is 9.24. The van der Waals surface area contributed by atoms with Crippen molar-refractivity contribution in [1.29, 1.82) is 0 Å². The van der Waals surface area contributed by atoms with E-state index in [0.29, 0.717) is 19.2 Å². The molecule has 2 aliphatic heterocycles. The minimum atomic E-state index is 0.158. The number of benzene rings is 1. The lowest BCUT2D eigenvalue weighted by Crippen LogP contribution is -2.43. The third kappa shape index (κ3) is 5.11. The van der Waals surface area contributed by atoms with Crippen LogP contribution in [-0.4, -0.2) is 63.4 Å². The summed E-state index contributed by atoms with van der Waals surface area (Å²) < 4.78 is 11.6. The van der Waals surface area contributed by atoms with Crippen molar-refractivity contribution in [3.05, 3.63) is 29.3 Å². The quantitative estimate of drug-likeness (QED) is 0.600. The van der Waals surface area contributed by atoms with Crippen molar-refractivity contribution >= 4 is 5.96 Å². The summed E-state index contributed by atoms with van der Waals surface area (Å²) in [4.78, 5) is 6.77. The van der Waals surface area contributed by atoms with Gasteiger partial charge in [-0.25, -0.2) is 0 Å². The van der Waals surface area contributed by atoms with Gasteiger partial charge in [-0.1, -0.05) is 12.1 Å². The molecule has 1 aromatic rings. The molecule has 0 spiro atoms. The number of guanidine groups is 1. The van der Waals surface area contributed by atoms with Gasteiger partial charge in [0.1, 0.15) is 11.9 Å². The fourth-order valence-electron chi connectivity index (χ4n) is 3.55. The lowest BCUT2D eigenvalue weighted by atomic mass is 10.1. The van der Waals surface area contributed by atoms with Gasteiger partial charge in [-0.05, 0) is 45.0 Å². The first-order chi connectivity index (χ1) is 12.7. The maximum Gasteiger partial charge on any atom is 0.191 e. The molecule has 3 rings (SSSR count). The lowest BCUT2D eigenvalue weighted by Gasteiger charge is -2.22.